The fourth-order valence-electron chi connectivity index (χ4n) is 1.36. The highest BCUT2D eigenvalue weighted by Crippen LogP contribution is 2.37. The van der Waals surface area contributed by atoms with Crippen LogP contribution in [0.3, 0.4) is 0 Å². The highest BCUT2D eigenvalue weighted by Gasteiger charge is 2.43. The normalized spacial score (nSPS) is 17.5. The number of hydrogen-bond donors (Lipinski definition) is 1. The number of rotatable bonds is 3. The fourth-order valence-corrected chi connectivity index (χ4v) is 2.61. The number of aryl methyl sites for hydroxylation is 1. The largest absolute Gasteiger partial charge is 0.344 e. The Balaban J connectivity index is 2.11. The standard InChI is InChI=1S/C9H11Br2N3O/c1-14-4-6(11)7(13-14)8(15)12-9(5-10)2-3-9/h4H,2-3,5H2,1H3,(H,12,15). The molecule has 1 heterocycles. The van der Waals surface area contributed by atoms with E-state index in [9.17, 15) is 4.79 Å². The molecule has 6 heteroatoms. The highest BCUT2D eigenvalue weighted by molar-refractivity contribution is 9.10. The van der Waals surface area contributed by atoms with Crippen LogP contribution in [-0.4, -0.2) is 26.6 Å². The van der Waals surface area contributed by atoms with Crippen LogP contribution in [0.4, 0.5) is 0 Å². The van der Waals surface area contributed by atoms with Gasteiger partial charge < -0.3 is 5.32 Å². The van der Waals surface area contributed by atoms with Gasteiger partial charge >= 0.3 is 0 Å². The number of hydrogen-bond acceptors (Lipinski definition) is 2. The maximum atomic E-state index is 11.9. The van der Waals surface area contributed by atoms with Gasteiger partial charge in [0.1, 0.15) is 0 Å². The summed E-state index contributed by atoms with van der Waals surface area (Å²) in [6, 6.07) is 0. The van der Waals surface area contributed by atoms with Crippen LogP contribution in [0, 0.1) is 0 Å². The van der Waals surface area contributed by atoms with E-state index in [2.05, 4.69) is 42.3 Å². The van der Waals surface area contributed by atoms with Crippen LogP contribution in [0.1, 0.15) is 23.3 Å². The Hall–Kier alpha value is -0.360. The van der Waals surface area contributed by atoms with Crippen molar-refractivity contribution in [1.82, 2.24) is 15.1 Å². The van der Waals surface area contributed by atoms with E-state index >= 15 is 0 Å². The summed E-state index contributed by atoms with van der Waals surface area (Å²) in [6.07, 6.45) is 3.84. The van der Waals surface area contributed by atoms with Gasteiger partial charge in [0.25, 0.3) is 5.91 Å². The molecule has 1 aromatic heterocycles. The van der Waals surface area contributed by atoms with Crippen molar-refractivity contribution in [3.63, 3.8) is 0 Å². The van der Waals surface area contributed by atoms with Crippen molar-refractivity contribution in [2.75, 3.05) is 5.33 Å². The summed E-state index contributed by atoms with van der Waals surface area (Å²) < 4.78 is 2.35. The van der Waals surface area contributed by atoms with Crippen molar-refractivity contribution in [2.45, 2.75) is 18.4 Å². The average molecular weight is 337 g/mol. The molecule has 0 spiro atoms. The highest BCUT2D eigenvalue weighted by atomic mass is 79.9. The van der Waals surface area contributed by atoms with Gasteiger partial charge in [-0.25, -0.2) is 0 Å². The van der Waals surface area contributed by atoms with E-state index in [1.54, 1.807) is 17.9 Å². The molecule has 0 aliphatic heterocycles. The van der Waals surface area contributed by atoms with Crippen LogP contribution < -0.4 is 5.32 Å². The van der Waals surface area contributed by atoms with Crippen molar-refractivity contribution in [3.05, 3.63) is 16.4 Å². The summed E-state index contributed by atoms with van der Waals surface area (Å²) in [5, 5.41) is 7.90. The summed E-state index contributed by atoms with van der Waals surface area (Å²) in [4.78, 5) is 11.9. The second-order valence-corrected chi connectivity index (χ2v) is 5.28. The molecule has 1 aliphatic carbocycles. The van der Waals surface area contributed by atoms with E-state index in [1.165, 1.54) is 0 Å². The third-order valence-corrected chi connectivity index (χ3v) is 4.14. The van der Waals surface area contributed by atoms with Gasteiger partial charge in [-0.1, -0.05) is 15.9 Å². The van der Waals surface area contributed by atoms with E-state index in [0.717, 1.165) is 22.6 Å². The zero-order chi connectivity index (χ0) is 11.1. The molecule has 1 saturated carbocycles. The third-order valence-electron chi connectivity index (χ3n) is 2.49. The molecule has 0 radical (unpaired) electrons. The summed E-state index contributed by atoms with van der Waals surface area (Å²) in [7, 11) is 1.79. The molecular weight excluding hydrogens is 326 g/mol. The second-order valence-electron chi connectivity index (χ2n) is 3.87. The minimum Gasteiger partial charge on any atom is -0.344 e. The number of alkyl halides is 1. The lowest BCUT2D eigenvalue weighted by Crippen LogP contribution is -2.38. The Kier molecular flexibility index (Phi) is 2.89. The number of aromatic nitrogens is 2. The lowest BCUT2D eigenvalue weighted by Gasteiger charge is -2.12. The Morgan fingerprint density at radius 1 is 1.73 bits per heavy atom. The lowest BCUT2D eigenvalue weighted by molar-refractivity contribution is 0.0930. The zero-order valence-corrected chi connectivity index (χ0v) is 11.4. The first-order chi connectivity index (χ1) is 7.06. The average Bonchev–Trinajstić information content (AvgIpc) is 2.86. The van der Waals surface area contributed by atoms with Crippen molar-refractivity contribution < 1.29 is 4.79 Å². The first-order valence-electron chi connectivity index (χ1n) is 4.64. The van der Waals surface area contributed by atoms with Crippen molar-refractivity contribution >= 4 is 37.8 Å². The molecule has 4 nitrogen and oxygen atoms in total. The molecule has 15 heavy (non-hydrogen) atoms. The van der Waals surface area contributed by atoms with Crippen LogP contribution >= 0.6 is 31.9 Å². The molecular formula is C9H11Br2N3O. The minimum absolute atomic E-state index is 0.0337. The molecule has 1 N–H and O–H groups in total. The van der Waals surface area contributed by atoms with Gasteiger partial charge in [0.2, 0.25) is 0 Å². The molecule has 2 rings (SSSR count). The zero-order valence-electron chi connectivity index (χ0n) is 8.26. The molecule has 0 bridgehead atoms. The lowest BCUT2D eigenvalue weighted by atomic mass is 10.3. The number of nitrogens with one attached hydrogen (secondary N) is 1. The van der Waals surface area contributed by atoms with E-state index in [1.807, 2.05) is 0 Å². The summed E-state index contributed by atoms with van der Waals surface area (Å²) in [5.74, 6) is -0.112. The van der Waals surface area contributed by atoms with Gasteiger partial charge in [-0.2, -0.15) is 5.10 Å². The SMILES string of the molecule is Cn1cc(Br)c(C(=O)NC2(CBr)CC2)n1. The van der Waals surface area contributed by atoms with Gasteiger partial charge in [0, 0.05) is 18.6 Å². The number of halogens is 2. The molecule has 1 aromatic rings. The number of nitrogens with zero attached hydrogens (tertiary/aromatic N) is 2. The molecule has 82 valence electrons. The van der Waals surface area contributed by atoms with E-state index in [-0.39, 0.29) is 11.4 Å². The Bertz CT molecular complexity index is 398. The van der Waals surface area contributed by atoms with E-state index in [4.69, 9.17) is 0 Å². The number of carbonyl (C=O) groups excluding carboxylic acids is 1. The predicted octanol–water partition coefficient (Wildman–Crippen LogP) is 1.84. The smallest absolute Gasteiger partial charge is 0.273 e. The molecule has 1 aliphatic rings. The predicted molar refractivity (Wildman–Crippen MR) is 64.1 cm³/mol. The Labute approximate surface area is 105 Å². The van der Waals surface area contributed by atoms with Crippen LogP contribution in [0.25, 0.3) is 0 Å². The molecule has 1 fully saturated rings. The molecule has 0 unspecified atom stereocenters. The summed E-state index contributed by atoms with van der Waals surface area (Å²) in [5.41, 5.74) is 0.415. The van der Waals surface area contributed by atoms with Crippen LogP contribution in [-0.2, 0) is 7.05 Å². The fraction of sp³-hybridized carbons (Fsp3) is 0.556. The van der Waals surface area contributed by atoms with Crippen molar-refractivity contribution in [3.8, 4) is 0 Å². The number of amides is 1. The van der Waals surface area contributed by atoms with Crippen LogP contribution in [0.2, 0.25) is 0 Å². The van der Waals surface area contributed by atoms with Crippen LogP contribution in [0.5, 0.6) is 0 Å². The first kappa shape index (κ1) is 11.1. The van der Waals surface area contributed by atoms with Gasteiger partial charge in [-0.05, 0) is 28.8 Å². The second kappa shape index (κ2) is 3.90. The first-order valence-corrected chi connectivity index (χ1v) is 6.55. The van der Waals surface area contributed by atoms with Gasteiger partial charge in [-0.15, -0.1) is 0 Å². The van der Waals surface area contributed by atoms with E-state index < -0.39 is 0 Å². The van der Waals surface area contributed by atoms with Crippen molar-refractivity contribution in [2.24, 2.45) is 7.05 Å². The molecule has 0 aromatic carbocycles. The van der Waals surface area contributed by atoms with Crippen LogP contribution in [0.15, 0.2) is 10.7 Å². The third kappa shape index (κ3) is 2.25. The van der Waals surface area contributed by atoms with Crippen molar-refractivity contribution in [1.29, 1.82) is 0 Å². The number of carbonyl (C=O) groups is 1. The van der Waals surface area contributed by atoms with Gasteiger partial charge in [-0.3, -0.25) is 9.48 Å². The molecule has 0 saturated heterocycles. The molecule has 0 atom stereocenters. The summed E-state index contributed by atoms with van der Waals surface area (Å²) >= 11 is 6.72. The summed E-state index contributed by atoms with van der Waals surface area (Å²) in [6.45, 7) is 0. The maximum Gasteiger partial charge on any atom is 0.273 e. The van der Waals surface area contributed by atoms with Gasteiger partial charge in [0.05, 0.1) is 10.0 Å². The quantitative estimate of drug-likeness (QED) is 0.856. The molecule has 1 amide bonds. The topological polar surface area (TPSA) is 46.9 Å². The maximum absolute atomic E-state index is 11.9. The minimum atomic E-state index is -0.112. The van der Waals surface area contributed by atoms with E-state index in [0.29, 0.717) is 5.69 Å². The Morgan fingerprint density at radius 2 is 2.40 bits per heavy atom. The Morgan fingerprint density at radius 3 is 2.80 bits per heavy atom. The van der Waals surface area contributed by atoms with Gasteiger partial charge in [0.15, 0.2) is 5.69 Å². The monoisotopic (exact) mass is 335 g/mol.